The summed E-state index contributed by atoms with van der Waals surface area (Å²) in [7, 11) is 1.86. The van der Waals surface area contributed by atoms with E-state index in [4.69, 9.17) is 0 Å². The van der Waals surface area contributed by atoms with Gasteiger partial charge in [-0.2, -0.15) is 0 Å². The number of hydrogen-bond donors (Lipinski definition) is 1. The molecule has 0 saturated heterocycles. The number of rotatable bonds is 6. The van der Waals surface area contributed by atoms with E-state index < -0.39 is 4.92 Å². The van der Waals surface area contributed by atoms with Crippen LogP contribution in [-0.2, 0) is 7.05 Å². The summed E-state index contributed by atoms with van der Waals surface area (Å²) in [6.07, 6.45) is 4.41. The van der Waals surface area contributed by atoms with Crippen LogP contribution in [0.5, 0.6) is 0 Å². The summed E-state index contributed by atoms with van der Waals surface area (Å²) in [4.78, 5) is 19.1. The molecule has 2 rings (SSSR count). The Morgan fingerprint density at radius 2 is 2.30 bits per heavy atom. The van der Waals surface area contributed by atoms with Crippen molar-refractivity contribution < 1.29 is 4.92 Å². The third-order valence-electron chi connectivity index (χ3n) is 2.53. The van der Waals surface area contributed by atoms with Crippen LogP contribution in [0.1, 0.15) is 13.3 Å². The Kier molecular flexibility index (Phi) is 4.57. The molecule has 7 nitrogen and oxygen atoms in total. The van der Waals surface area contributed by atoms with Gasteiger partial charge < -0.3 is 9.88 Å². The van der Waals surface area contributed by atoms with E-state index in [1.54, 1.807) is 6.20 Å². The molecule has 20 heavy (non-hydrogen) atoms. The standard InChI is InChI=1S/C12H15N5O2S/c1-3-4-13-10-7-9(17(18)19)8-11(15-10)20-12-14-5-6-16(12)2/h5-8H,3-4H2,1-2H3,(H,13,15). The Morgan fingerprint density at radius 3 is 2.90 bits per heavy atom. The Hall–Kier alpha value is -2.09. The zero-order valence-corrected chi connectivity index (χ0v) is 12.1. The Morgan fingerprint density at radius 1 is 1.50 bits per heavy atom. The first-order valence-electron chi connectivity index (χ1n) is 6.15. The molecule has 2 aromatic heterocycles. The number of nitro groups is 1. The Bertz CT molecular complexity index is 614. The number of imidazole rings is 1. The van der Waals surface area contributed by atoms with Crippen LogP contribution in [0.2, 0.25) is 0 Å². The van der Waals surface area contributed by atoms with E-state index in [0.29, 0.717) is 10.8 Å². The fourth-order valence-electron chi connectivity index (χ4n) is 1.54. The second-order valence-corrected chi connectivity index (χ2v) is 5.14. The van der Waals surface area contributed by atoms with Crippen LogP contribution in [0.3, 0.4) is 0 Å². The quantitative estimate of drug-likeness (QED) is 0.651. The maximum Gasteiger partial charge on any atom is 0.275 e. The van der Waals surface area contributed by atoms with Crippen molar-refractivity contribution in [3.8, 4) is 0 Å². The van der Waals surface area contributed by atoms with Gasteiger partial charge in [-0.25, -0.2) is 9.97 Å². The molecule has 0 unspecified atom stereocenters. The smallest absolute Gasteiger partial charge is 0.275 e. The molecule has 0 amide bonds. The summed E-state index contributed by atoms with van der Waals surface area (Å²) >= 11 is 1.30. The topological polar surface area (TPSA) is 85.9 Å². The van der Waals surface area contributed by atoms with E-state index in [1.807, 2.05) is 24.7 Å². The fraction of sp³-hybridized carbons (Fsp3) is 0.333. The number of aryl methyl sites for hydroxylation is 1. The SMILES string of the molecule is CCCNc1cc([N+](=O)[O-])cc(Sc2nccn2C)n1. The van der Waals surface area contributed by atoms with Crippen molar-refractivity contribution in [1.29, 1.82) is 0 Å². The first-order chi connectivity index (χ1) is 9.60. The first kappa shape index (κ1) is 14.3. The maximum atomic E-state index is 11.0. The monoisotopic (exact) mass is 293 g/mol. The van der Waals surface area contributed by atoms with E-state index in [1.165, 1.54) is 23.9 Å². The van der Waals surface area contributed by atoms with Crippen LogP contribution >= 0.6 is 11.8 Å². The minimum atomic E-state index is -0.415. The zero-order chi connectivity index (χ0) is 14.5. The zero-order valence-electron chi connectivity index (χ0n) is 11.2. The molecular weight excluding hydrogens is 278 g/mol. The molecule has 8 heteroatoms. The lowest BCUT2D eigenvalue weighted by Gasteiger charge is -2.06. The van der Waals surface area contributed by atoms with Crippen LogP contribution in [0.4, 0.5) is 11.5 Å². The summed E-state index contributed by atoms with van der Waals surface area (Å²) in [6.45, 7) is 2.74. The average molecular weight is 293 g/mol. The van der Waals surface area contributed by atoms with Crippen molar-refractivity contribution in [2.24, 2.45) is 7.05 Å². The highest BCUT2D eigenvalue weighted by Gasteiger charge is 2.13. The number of nitrogens with zero attached hydrogens (tertiary/aromatic N) is 4. The summed E-state index contributed by atoms with van der Waals surface area (Å²) in [5, 5.41) is 15.3. The number of aromatic nitrogens is 3. The van der Waals surface area contributed by atoms with Crippen molar-refractivity contribution in [1.82, 2.24) is 14.5 Å². The van der Waals surface area contributed by atoms with Crippen LogP contribution < -0.4 is 5.32 Å². The van der Waals surface area contributed by atoms with Crippen molar-refractivity contribution in [3.05, 3.63) is 34.6 Å². The number of anilines is 1. The van der Waals surface area contributed by atoms with Crippen LogP contribution in [-0.4, -0.2) is 26.0 Å². The van der Waals surface area contributed by atoms with E-state index >= 15 is 0 Å². The molecule has 2 aromatic rings. The molecular formula is C12H15N5O2S. The van der Waals surface area contributed by atoms with Gasteiger partial charge in [-0.15, -0.1) is 0 Å². The molecule has 0 bridgehead atoms. The minimum Gasteiger partial charge on any atom is -0.370 e. The lowest BCUT2D eigenvalue weighted by Crippen LogP contribution is -2.03. The van der Waals surface area contributed by atoms with Gasteiger partial charge in [0.1, 0.15) is 10.8 Å². The third kappa shape index (κ3) is 3.47. The molecule has 2 heterocycles. The normalized spacial score (nSPS) is 10.5. The van der Waals surface area contributed by atoms with Gasteiger partial charge >= 0.3 is 0 Å². The average Bonchev–Trinajstić information content (AvgIpc) is 2.81. The second kappa shape index (κ2) is 6.38. The summed E-state index contributed by atoms with van der Waals surface area (Å²) in [5.41, 5.74) is 0.0234. The molecule has 1 N–H and O–H groups in total. The summed E-state index contributed by atoms with van der Waals surface area (Å²) < 4.78 is 1.84. The fourth-order valence-corrected chi connectivity index (χ4v) is 2.37. The number of nitrogens with one attached hydrogen (secondary N) is 1. The van der Waals surface area contributed by atoms with Crippen LogP contribution in [0, 0.1) is 10.1 Å². The molecule has 0 fully saturated rings. The molecule has 0 aliphatic rings. The number of hydrogen-bond acceptors (Lipinski definition) is 6. The highest BCUT2D eigenvalue weighted by atomic mass is 32.2. The van der Waals surface area contributed by atoms with Crippen molar-refractivity contribution >= 4 is 23.3 Å². The van der Waals surface area contributed by atoms with Crippen molar-refractivity contribution in [3.63, 3.8) is 0 Å². The maximum absolute atomic E-state index is 11.0. The van der Waals surface area contributed by atoms with Gasteiger partial charge in [-0.3, -0.25) is 10.1 Å². The highest BCUT2D eigenvalue weighted by Crippen LogP contribution is 2.29. The third-order valence-corrected chi connectivity index (χ3v) is 3.52. The second-order valence-electron chi connectivity index (χ2n) is 4.16. The van der Waals surface area contributed by atoms with Crippen molar-refractivity contribution in [2.75, 3.05) is 11.9 Å². The van der Waals surface area contributed by atoms with E-state index in [0.717, 1.165) is 18.1 Å². The molecule has 0 radical (unpaired) electrons. The van der Waals surface area contributed by atoms with Gasteiger partial charge in [0.25, 0.3) is 5.69 Å². The highest BCUT2D eigenvalue weighted by molar-refractivity contribution is 7.99. The van der Waals surface area contributed by atoms with E-state index in [2.05, 4.69) is 15.3 Å². The molecule has 106 valence electrons. The summed E-state index contributed by atoms with van der Waals surface area (Å²) in [5.74, 6) is 0.512. The predicted molar refractivity (Wildman–Crippen MR) is 77.0 cm³/mol. The van der Waals surface area contributed by atoms with Gasteiger partial charge in [0, 0.05) is 32.1 Å². The van der Waals surface area contributed by atoms with Crippen LogP contribution in [0.25, 0.3) is 0 Å². The van der Waals surface area contributed by atoms with Crippen molar-refractivity contribution in [2.45, 2.75) is 23.5 Å². The van der Waals surface area contributed by atoms with Gasteiger partial charge in [0.05, 0.1) is 11.0 Å². The lowest BCUT2D eigenvalue weighted by molar-refractivity contribution is -0.385. The van der Waals surface area contributed by atoms with Gasteiger partial charge in [-0.05, 0) is 18.2 Å². The van der Waals surface area contributed by atoms with Gasteiger partial charge in [-0.1, -0.05) is 6.92 Å². The summed E-state index contributed by atoms with van der Waals surface area (Å²) in [6, 6.07) is 2.90. The minimum absolute atomic E-state index is 0.0234. The Balaban J connectivity index is 2.29. The molecule has 0 aliphatic heterocycles. The van der Waals surface area contributed by atoms with E-state index in [-0.39, 0.29) is 5.69 Å². The lowest BCUT2D eigenvalue weighted by atomic mass is 10.4. The molecule has 0 aliphatic carbocycles. The molecule has 0 spiro atoms. The largest absolute Gasteiger partial charge is 0.370 e. The Labute approximate surface area is 120 Å². The van der Waals surface area contributed by atoms with Gasteiger partial charge in [0.2, 0.25) is 0 Å². The molecule has 0 aromatic carbocycles. The van der Waals surface area contributed by atoms with E-state index in [9.17, 15) is 10.1 Å². The molecule has 0 atom stereocenters. The number of pyridine rings is 1. The first-order valence-corrected chi connectivity index (χ1v) is 6.97. The predicted octanol–water partition coefficient (Wildman–Crippen LogP) is 2.70. The molecule has 0 saturated carbocycles. The van der Waals surface area contributed by atoms with Crippen LogP contribution in [0.15, 0.2) is 34.7 Å². The van der Waals surface area contributed by atoms with Gasteiger partial charge in [0.15, 0.2) is 5.16 Å².